The summed E-state index contributed by atoms with van der Waals surface area (Å²) >= 11 is 0. The third-order valence-corrected chi connectivity index (χ3v) is 5.56. The summed E-state index contributed by atoms with van der Waals surface area (Å²) < 4.78 is 14.0. The molecule has 0 fully saturated rings. The molecular formula is C27H40N2O3. The van der Waals surface area contributed by atoms with Gasteiger partial charge in [0, 0.05) is 17.6 Å². The summed E-state index contributed by atoms with van der Waals surface area (Å²) in [6, 6.07) is 5.58. The maximum absolute atomic E-state index is 13.3. The summed E-state index contributed by atoms with van der Waals surface area (Å²) in [5, 5.41) is 0.842. The van der Waals surface area contributed by atoms with Gasteiger partial charge in [-0.3, -0.25) is 4.79 Å². The molecule has 5 heteroatoms. The van der Waals surface area contributed by atoms with Crippen molar-refractivity contribution in [1.82, 2.24) is 4.57 Å². The van der Waals surface area contributed by atoms with Crippen LogP contribution in [-0.4, -0.2) is 17.8 Å². The third kappa shape index (κ3) is 6.91. The van der Waals surface area contributed by atoms with E-state index in [2.05, 4.69) is 46.8 Å². The lowest BCUT2D eigenvalue weighted by atomic mass is 10.1. The van der Waals surface area contributed by atoms with Gasteiger partial charge in [-0.25, -0.2) is 0 Å². The lowest BCUT2D eigenvalue weighted by Gasteiger charge is -2.19. The Kier molecular flexibility index (Phi) is 9.89. The second kappa shape index (κ2) is 12.4. The van der Waals surface area contributed by atoms with E-state index in [1.807, 2.05) is 25.1 Å². The molecule has 0 bridgehead atoms. The van der Waals surface area contributed by atoms with Crippen LogP contribution in [0, 0.1) is 5.92 Å². The van der Waals surface area contributed by atoms with Crippen LogP contribution in [-0.2, 0) is 6.54 Å². The lowest BCUT2D eigenvalue weighted by Crippen LogP contribution is -2.24. The molecule has 0 aliphatic rings. The molecule has 0 aliphatic carbocycles. The second-order valence-corrected chi connectivity index (χ2v) is 8.87. The molecule has 0 radical (unpaired) electrons. The maximum Gasteiger partial charge on any atom is 0.297 e. The summed E-state index contributed by atoms with van der Waals surface area (Å²) in [6.45, 7) is 14.0. The number of fused-ring (bicyclic) bond motifs is 1. The van der Waals surface area contributed by atoms with Gasteiger partial charge in [-0.15, -0.1) is 0 Å². The summed E-state index contributed by atoms with van der Waals surface area (Å²) in [4.78, 5) is 13.3. The molecule has 176 valence electrons. The Morgan fingerprint density at radius 3 is 2.53 bits per heavy atom. The molecule has 1 heterocycles. The van der Waals surface area contributed by atoms with Gasteiger partial charge < -0.3 is 19.8 Å². The van der Waals surface area contributed by atoms with Crippen molar-refractivity contribution in [2.45, 2.75) is 73.8 Å². The Morgan fingerprint density at radius 2 is 1.88 bits per heavy atom. The molecule has 5 nitrogen and oxygen atoms in total. The Balaban J connectivity index is 2.40. The minimum absolute atomic E-state index is 0.173. The molecule has 0 amide bonds. The van der Waals surface area contributed by atoms with E-state index in [1.54, 1.807) is 4.57 Å². The lowest BCUT2D eigenvalue weighted by molar-refractivity contribution is 0.233. The smallest absolute Gasteiger partial charge is 0.297 e. The average Bonchev–Trinajstić information content (AvgIpc) is 2.73. The van der Waals surface area contributed by atoms with Crippen LogP contribution in [0.2, 0.25) is 0 Å². The number of anilines is 1. The number of nitrogens with two attached hydrogens (primary N) is 1. The quantitative estimate of drug-likeness (QED) is 0.302. The van der Waals surface area contributed by atoms with Crippen LogP contribution < -0.4 is 20.8 Å². The molecule has 0 spiro atoms. The second-order valence-electron chi connectivity index (χ2n) is 8.87. The van der Waals surface area contributed by atoms with E-state index in [0.29, 0.717) is 42.9 Å². The van der Waals surface area contributed by atoms with E-state index in [4.69, 9.17) is 15.2 Å². The van der Waals surface area contributed by atoms with Gasteiger partial charge in [-0.05, 0) is 77.2 Å². The van der Waals surface area contributed by atoms with E-state index in [1.165, 1.54) is 11.1 Å². The summed E-state index contributed by atoms with van der Waals surface area (Å²) in [5.74, 6) is 1.16. The van der Waals surface area contributed by atoms with Crippen molar-refractivity contribution in [2.75, 3.05) is 18.9 Å². The molecule has 1 unspecified atom stereocenters. The van der Waals surface area contributed by atoms with Gasteiger partial charge in [0.2, 0.25) is 5.75 Å². The number of nitrogen functional groups attached to an aromatic ring is 1. The number of aromatic nitrogens is 1. The van der Waals surface area contributed by atoms with Crippen LogP contribution in [0.3, 0.4) is 0 Å². The van der Waals surface area contributed by atoms with E-state index >= 15 is 0 Å². The van der Waals surface area contributed by atoms with Gasteiger partial charge in [0.05, 0.1) is 12.1 Å². The first kappa shape index (κ1) is 25.6. The zero-order valence-corrected chi connectivity index (χ0v) is 20.7. The van der Waals surface area contributed by atoms with Gasteiger partial charge in [-0.2, -0.15) is 0 Å². The number of hydrogen-bond donors (Lipinski definition) is 1. The number of hydrogen-bond acceptors (Lipinski definition) is 4. The first-order valence-corrected chi connectivity index (χ1v) is 11.8. The topological polar surface area (TPSA) is 66.5 Å². The van der Waals surface area contributed by atoms with Crippen LogP contribution in [0.1, 0.15) is 67.2 Å². The first-order chi connectivity index (χ1) is 15.3. The average molecular weight is 441 g/mol. The Bertz CT molecular complexity index is 1010. The van der Waals surface area contributed by atoms with Crippen molar-refractivity contribution in [2.24, 2.45) is 5.92 Å². The van der Waals surface area contributed by atoms with Crippen molar-refractivity contribution in [3.05, 3.63) is 51.9 Å². The van der Waals surface area contributed by atoms with Gasteiger partial charge >= 0.3 is 0 Å². The zero-order chi connectivity index (χ0) is 23.7. The summed E-state index contributed by atoms with van der Waals surface area (Å²) in [7, 11) is 0. The Hall–Kier alpha value is -2.69. The number of rotatable bonds is 12. The molecule has 1 atom stereocenters. The number of pyridine rings is 1. The predicted molar refractivity (Wildman–Crippen MR) is 136 cm³/mol. The van der Waals surface area contributed by atoms with Crippen LogP contribution in [0.5, 0.6) is 11.5 Å². The molecule has 0 saturated heterocycles. The minimum Gasteiger partial charge on any atom is -0.485 e. The van der Waals surface area contributed by atoms with Crippen molar-refractivity contribution in [3.63, 3.8) is 0 Å². The highest BCUT2D eigenvalue weighted by atomic mass is 16.5. The molecule has 1 aromatic carbocycles. The highest BCUT2D eigenvalue weighted by Crippen LogP contribution is 2.34. The summed E-state index contributed by atoms with van der Waals surface area (Å²) in [6.07, 6.45) is 8.46. The van der Waals surface area contributed by atoms with E-state index in [0.717, 1.165) is 36.6 Å². The fourth-order valence-electron chi connectivity index (χ4n) is 3.76. The number of benzene rings is 1. The van der Waals surface area contributed by atoms with E-state index < -0.39 is 0 Å². The fraction of sp³-hybridized carbons (Fsp3) is 0.519. The number of ether oxygens (including phenoxy) is 2. The highest BCUT2D eigenvalue weighted by molar-refractivity contribution is 5.90. The molecule has 0 aliphatic heterocycles. The Labute approximate surface area is 192 Å². The van der Waals surface area contributed by atoms with Crippen LogP contribution >= 0.6 is 0 Å². The fourth-order valence-corrected chi connectivity index (χ4v) is 3.76. The van der Waals surface area contributed by atoms with Gasteiger partial charge in [-0.1, -0.05) is 37.5 Å². The Morgan fingerprint density at radius 1 is 1.12 bits per heavy atom. The molecule has 1 aromatic heterocycles. The van der Waals surface area contributed by atoms with Crippen molar-refractivity contribution >= 4 is 16.6 Å². The standard InChI is InChI=1S/C27H40N2O3/c1-7-10-21(6)18-32-26-25(31-16-15-20(5)12-9-11-19(3)4)23-14-13-22(28)17-24(23)29(8-2)27(26)30/h11,13-15,17,21H,7-10,12,16,18,28H2,1-6H3. The third-order valence-electron chi connectivity index (χ3n) is 5.56. The number of nitrogens with zero attached hydrogens (tertiary/aromatic N) is 1. The monoisotopic (exact) mass is 440 g/mol. The van der Waals surface area contributed by atoms with Crippen molar-refractivity contribution in [1.29, 1.82) is 0 Å². The van der Waals surface area contributed by atoms with Gasteiger partial charge in [0.15, 0.2) is 5.75 Å². The molecule has 2 aromatic rings. The van der Waals surface area contributed by atoms with Crippen molar-refractivity contribution in [3.8, 4) is 11.5 Å². The SMILES string of the molecule is CCCC(C)COc1c(OCC=C(C)CCC=C(C)C)c2ccc(N)cc2n(CC)c1=O. The van der Waals surface area contributed by atoms with Crippen LogP contribution in [0.15, 0.2) is 46.3 Å². The molecular weight excluding hydrogens is 400 g/mol. The zero-order valence-electron chi connectivity index (χ0n) is 20.7. The van der Waals surface area contributed by atoms with Crippen LogP contribution in [0.4, 0.5) is 5.69 Å². The molecule has 0 saturated carbocycles. The highest BCUT2D eigenvalue weighted by Gasteiger charge is 2.20. The summed E-state index contributed by atoms with van der Waals surface area (Å²) in [5.41, 5.74) is 9.83. The van der Waals surface area contributed by atoms with Gasteiger partial charge in [0.25, 0.3) is 5.56 Å². The van der Waals surface area contributed by atoms with Crippen LogP contribution in [0.25, 0.3) is 10.9 Å². The van der Waals surface area contributed by atoms with Gasteiger partial charge in [0.1, 0.15) is 6.61 Å². The maximum atomic E-state index is 13.3. The van der Waals surface area contributed by atoms with Crippen molar-refractivity contribution < 1.29 is 9.47 Å². The first-order valence-electron chi connectivity index (χ1n) is 11.8. The molecule has 2 rings (SSSR count). The normalized spacial score (nSPS) is 12.6. The number of allylic oxidation sites excluding steroid dienone is 3. The van der Waals surface area contributed by atoms with E-state index in [-0.39, 0.29) is 5.56 Å². The minimum atomic E-state index is -0.173. The largest absolute Gasteiger partial charge is 0.485 e. The molecule has 32 heavy (non-hydrogen) atoms. The molecule has 2 N–H and O–H groups in total. The predicted octanol–water partition coefficient (Wildman–Crippen LogP) is 6.49. The van der Waals surface area contributed by atoms with E-state index in [9.17, 15) is 4.79 Å². The number of aryl methyl sites for hydroxylation is 1.